The molecule has 5 heteroatoms. The Kier molecular flexibility index (Phi) is 7.14. The summed E-state index contributed by atoms with van der Waals surface area (Å²) in [5.74, 6) is 0. The van der Waals surface area contributed by atoms with E-state index in [4.69, 9.17) is 0 Å². The number of hydrogen-bond acceptors (Lipinski definition) is 1. The molecule has 0 aliphatic rings. The van der Waals surface area contributed by atoms with E-state index in [9.17, 15) is 12.9 Å². The predicted molar refractivity (Wildman–Crippen MR) is 48.7 cm³/mol. The Hall–Kier alpha value is -0.185. The van der Waals surface area contributed by atoms with Crippen LogP contribution < -0.4 is 0 Å². The molecule has 0 bridgehead atoms. The highest BCUT2D eigenvalue weighted by atomic mass is 19.4. The Balaban J connectivity index is 3.00. The van der Waals surface area contributed by atoms with Gasteiger partial charge in [0, 0.05) is 13.1 Å². The second kappa shape index (κ2) is 7.24. The molecular weight excluding hydrogens is 180 g/mol. The summed E-state index contributed by atoms with van der Waals surface area (Å²) in [6.07, 6.45) is 5.11. The lowest BCUT2D eigenvalue weighted by molar-refractivity contribution is 0.146. The summed E-state index contributed by atoms with van der Waals surface area (Å²) in [6, 6.07) is 0. The summed E-state index contributed by atoms with van der Waals surface area (Å²) < 4.78 is 39.4. The molecule has 80 valence electrons. The van der Waals surface area contributed by atoms with E-state index in [-0.39, 0.29) is 6.61 Å². The van der Waals surface area contributed by atoms with Crippen LogP contribution in [0.15, 0.2) is 0 Å². The molecule has 0 rings (SSSR count). The van der Waals surface area contributed by atoms with Crippen molar-refractivity contribution in [3.63, 3.8) is 0 Å². The van der Waals surface area contributed by atoms with E-state index in [1.54, 1.807) is 0 Å². The van der Waals surface area contributed by atoms with Gasteiger partial charge in [-0.2, -0.15) is 0 Å². The highest BCUT2D eigenvalue weighted by Gasteiger charge is 2.22. The normalized spacial score (nSPS) is 12.0. The number of halogens is 3. The maximum Gasteiger partial charge on any atom is 0.503 e. The highest BCUT2D eigenvalue weighted by molar-refractivity contribution is 6.58. The van der Waals surface area contributed by atoms with Gasteiger partial charge in [0.1, 0.15) is 0 Å². The average Bonchev–Trinajstić information content (AvgIpc) is 2.01. The molecule has 0 N–H and O–H groups in total. The van der Waals surface area contributed by atoms with Gasteiger partial charge in [-0.3, -0.25) is 0 Å². The summed E-state index contributed by atoms with van der Waals surface area (Å²) in [4.78, 5) is 0. The number of ether oxygens (including phenoxy) is 1. The molecule has 0 amide bonds. The van der Waals surface area contributed by atoms with E-state index in [1.165, 1.54) is 0 Å². The number of rotatable bonds is 8. The standard InChI is InChI=1S/C8H17BF3O/c1-2-3-4-5-6-7-13-8-9(10,11)12/h2-8H2,1H3/q-1. The van der Waals surface area contributed by atoms with Crippen molar-refractivity contribution in [3.8, 4) is 0 Å². The van der Waals surface area contributed by atoms with E-state index >= 15 is 0 Å². The van der Waals surface area contributed by atoms with Crippen LogP contribution in [0.3, 0.4) is 0 Å². The first kappa shape index (κ1) is 12.8. The lowest BCUT2D eigenvalue weighted by atomic mass is 9.95. The number of unbranched alkanes of at least 4 members (excludes halogenated alkanes) is 4. The van der Waals surface area contributed by atoms with Crippen LogP contribution in [-0.2, 0) is 4.74 Å². The topological polar surface area (TPSA) is 9.23 Å². The summed E-state index contributed by atoms with van der Waals surface area (Å²) in [7, 11) is 0. The van der Waals surface area contributed by atoms with Crippen molar-refractivity contribution in [2.75, 3.05) is 13.1 Å². The third kappa shape index (κ3) is 11.8. The second-order valence-corrected chi connectivity index (χ2v) is 3.20. The van der Waals surface area contributed by atoms with Crippen molar-refractivity contribution >= 4 is 6.98 Å². The van der Waals surface area contributed by atoms with Gasteiger partial charge in [-0.15, -0.1) is 0 Å². The van der Waals surface area contributed by atoms with Crippen molar-refractivity contribution in [3.05, 3.63) is 0 Å². The van der Waals surface area contributed by atoms with Crippen LogP contribution in [0.1, 0.15) is 39.0 Å². The third-order valence-corrected chi connectivity index (χ3v) is 1.70. The minimum absolute atomic E-state index is 0.241. The zero-order chi connectivity index (χ0) is 10.2. The fourth-order valence-electron chi connectivity index (χ4n) is 1.02. The Labute approximate surface area is 77.7 Å². The minimum atomic E-state index is -4.75. The maximum atomic E-state index is 11.6. The van der Waals surface area contributed by atoms with Gasteiger partial charge < -0.3 is 17.7 Å². The molecule has 0 aromatic heterocycles. The summed E-state index contributed by atoms with van der Waals surface area (Å²) in [5, 5.41) is 0. The van der Waals surface area contributed by atoms with Crippen LogP contribution in [-0.4, -0.2) is 20.1 Å². The molecule has 0 radical (unpaired) electrons. The largest absolute Gasteiger partial charge is 0.503 e. The van der Waals surface area contributed by atoms with Gasteiger partial charge in [0.25, 0.3) is 0 Å². The van der Waals surface area contributed by atoms with E-state index < -0.39 is 13.5 Å². The summed E-state index contributed by atoms with van der Waals surface area (Å²) in [6.45, 7) is -3.46. The quantitative estimate of drug-likeness (QED) is 0.428. The third-order valence-electron chi connectivity index (χ3n) is 1.70. The van der Waals surface area contributed by atoms with Crippen LogP contribution in [0.25, 0.3) is 0 Å². The molecule has 0 saturated heterocycles. The fraction of sp³-hybridized carbons (Fsp3) is 1.00. The molecule has 1 nitrogen and oxygen atoms in total. The van der Waals surface area contributed by atoms with Gasteiger partial charge in [-0.1, -0.05) is 32.6 Å². The molecule has 13 heavy (non-hydrogen) atoms. The van der Waals surface area contributed by atoms with Gasteiger partial charge in [-0.05, 0) is 6.42 Å². The monoisotopic (exact) mass is 197 g/mol. The van der Waals surface area contributed by atoms with Crippen LogP contribution in [0, 0.1) is 0 Å². The molecule has 0 atom stereocenters. The van der Waals surface area contributed by atoms with Crippen molar-refractivity contribution in [2.24, 2.45) is 0 Å². The van der Waals surface area contributed by atoms with Gasteiger partial charge in [0.2, 0.25) is 0 Å². The second-order valence-electron chi connectivity index (χ2n) is 3.20. The average molecular weight is 197 g/mol. The van der Waals surface area contributed by atoms with Crippen LogP contribution in [0.2, 0.25) is 0 Å². The smallest absolute Gasteiger partial charge is 0.447 e. The number of hydrogen-bond donors (Lipinski definition) is 0. The molecule has 0 saturated carbocycles. The van der Waals surface area contributed by atoms with E-state index in [2.05, 4.69) is 11.7 Å². The van der Waals surface area contributed by atoms with E-state index in [0.717, 1.165) is 32.1 Å². The van der Waals surface area contributed by atoms with E-state index in [0.29, 0.717) is 0 Å². The maximum absolute atomic E-state index is 11.6. The van der Waals surface area contributed by atoms with Crippen molar-refractivity contribution in [2.45, 2.75) is 39.0 Å². The van der Waals surface area contributed by atoms with Gasteiger partial charge in [0.15, 0.2) is 0 Å². The molecule has 0 aliphatic carbocycles. The molecule has 0 aromatic carbocycles. The van der Waals surface area contributed by atoms with Gasteiger partial charge in [-0.25, -0.2) is 0 Å². The molecule has 0 aliphatic heterocycles. The van der Waals surface area contributed by atoms with Crippen molar-refractivity contribution in [1.82, 2.24) is 0 Å². The Morgan fingerprint density at radius 2 is 1.62 bits per heavy atom. The molecule has 0 aromatic rings. The van der Waals surface area contributed by atoms with Crippen LogP contribution >= 0.6 is 0 Å². The zero-order valence-electron chi connectivity index (χ0n) is 8.07. The Bertz CT molecular complexity index is 116. The van der Waals surface area contributed by atoms with E-state index in [1.807, 2.05) is 0 Å². The van der Waals surface area contributed by atoms with Gasteiger partial charge >= 0.3 is 6.98 Å². The molecule has 0 fully saturated rings. The predicted octanol–water partition coefficient (Wildman–Crippen LogP) is 3.36. The summed E-state index contributed by atoms with van der Waals surface area (Å²) in [5.41, 5.74) is 0. The first-order valence-corrected chi connectivity index (χ1v) is 4.85. The highest BCUT2D eigenvalue weighted by Crippen LogP contribution is 2.09. The molecular formula is C8H17BF3O-. The van der Waals surface area contributed by atoms with Crippen LogP contribution in [0.4, 0.5) is 12.9 Å². The molecule has 0 spiro atoms. The van der Waals surface area contributed by atoms with Crippen molar-refractivity contribution < 1.29 is 17.7 Å². The molecule has 0 heterocycles. The zero-order valence-corrected chi connectivity index (χ0v) is 8.07. The summed E-state index contributed by atoms with van der Waals surface area (Å²) >= 11 is 0. The first-order chi connectivity index (χ1) is 6.06. The SMILES string of the molecule is CCCCCCCOC[B-](F)(F)F. The Morgan fingerprint density at radius 3 is 2.15 bits per heavy atom. The van der Waals surface area contributed by atoms with Gasteiger partial charge in [0.05, 0.1) is 0 Å². The lowest BCUT2D eigenvalue weighted by Crippen LogP contribution is -2.24. The minimum Gasteiger partial charge on any atom is -0.447 e. The van der Waals surface area contributed by atoms with Crippen LogP contribution in [0.5, 0.6) is 0 Å². The Morgan fingerprint density at radius 1 is 1.00 bits per heavy atom. The lowest BCUT2D eigenvalue weighted by Gasteiger charge is -2.13. The molecule has 0 unspecified atom stereocenters. The van der Waals surface area contributed by atoms with Crippen molar-refractivity contribution in [1.29, 1.82) is 0 Å². The first-order valence-electron chi connectivity index (χ1n) is 4.85. The fourth-order valence-corrected chi connectivity index (χ4v) is 1.02.